The Morgan fingerprint density at radius 2 is 0.837 bits per heavy atom. The van der Waals surface area contributed by atoms with Crippen molar-refractivity contribution in [3.8, 4) is 0 Å². The summed E-state index contributed by atoms with van der Waals surface area (Å²) < 4.78 is 25.4. The largest absolute Gasteiger partial charge is 0.461 e. The van der Waals surface area contributed by atoms with Crippen molar-refractivity contribution in [2.75, 3.05) is 33.4 Å². The molecule has 0 bridgehead atoms. The number of nitrogens with one attached hydrogen (secondary N) is 1. The summed E-state index contributed by atoms with van der Waals surface area (Å²) in [5.74, 6) is -1.54. The quantitative estimate of drug-likeness (QED) is 0.0887. The maximum Gasteiger partial charge on any atom is 0.339 e. The van der Waals surface area contributed by atoms with Crippen molar-refractivity contribution < 1.29 is 28.6 Å². The summed E-state index contributed by atoms with van der Waals surface area (Å²) in [7, 11) is 1.74. The Bertz CT molecular complexity index is 1390. The van der Waals surface area contributed by atoms with Gasteiger partial charge < -0.3 is 19.5 Å². The summed E-state index contributed by atoms with van der Waals surface area (Å²) in [6.45, 7) is -0.239. The lowest BCUT2D eigenvalue weighted by atomic mass is 9.90. The lowest BCUT2D eigenvalue weighted by Crippen LogP contribution is -2.46. The number of rotatable bonds is 11. The predicted molar refractivity (Wildman–Crippen MR) is 241 cm³/mol. The van der Waals surface area contributed by atoms with Gasteiger partial charge in [0.15, 0.2) is 0 Å². The van der Waals surface area contributed by atoms with Crippen LogP contribution in [0.3, 0.4) is 0 Å². The van der Waals surface area contributed by atoms with E-state index in [1.807, 2.05) is 18.2 Å². The molecule has 0 unspecified atom stereocenters. The molecule has 0 fully saturated rings. The van der Waals surface area contributed by atoms with Gasteiger partial charge in [0, 0.05) is 38.7 Å². The first-order valence-electron chi connectivity index (χ1n) is 11.8. The number of ether oxygens (including phenoxy) is 3. The van der Waals surface area contributed by atoms with E-state index in [1.54, 1.807) is 25.2 Å². The van der Waals surface area contributed by atoms with Gasteiger partial charge in [-0.05, 0) is 247 Å². The highest BCUT2D eigenvalue weighted by molar-refractivity contribution is 14.1. The van der Waals surface area contributed by atoms with Gasteiger partial charge in [-0.1, -0.05) is 0 Å². The molecule has 7 nitrogen and oxygen atoms in total. The molecule has 1 N–H and O–H groups in total. The molecule has 0 radical (unpaired) electrons. The summed E-state index contributed by atoms with van der Waals surface area (Å²) in [6.07, 6.45) is 0. The summed E-state index contributed by atoms with van der Waals surface area (Å²) in [4.78, 5) is 39.9. The number of esters is 3. The maximum atomic E-state index is 13.3. The lowest BCUT2D eigenvalue weighted by Gasteiger charge is -2.32. The van der Waals surface area contributed by atoms with Crippen LogP contribution < -0.4 is 5.32 Å². The van der Waals surface area contributed by atoms with E-state index in [2.05, 4.69) is 209 Å². The topological polar surface area (TPSA) is 90.9 Å². The Labute approximate surface area is 372 Å². The van der Waals surface area contributed by atoms with Crippen molar-refractivity contribution in [1.29, 1.82) is 0 Å². The van der Waals surface area contributed by atoms with Crippen LogP contribution in [0.2, 0.25) is 0 Å². The molecule has 0 aliphatic carbocycles. The van der Waals surface area contributed by atoms with Gasteiger partial charge in [-0.15, -0.1) is 0 Å². The Morgan fingerprint density at radius 3 is 1.09 bits per heavy atom. The Kier molecular flexibility index (Phi) is 17.3. The Morgan fingerprint density at radius 1 is 0.558 bits per heavy atom. The molecule has 0 atom stereocenters. The first kappa shape index (κ1) is 40.0. The summed E-state index contributed by atoms with van der Waals surface area (Å²) >= 11 is 19.4. The molecule has 0 heterocycles. The minimum absolute atomic E-state index is 0.159. The molecule has 43 heavy (non-hydrogen) atoms. The molecule has 0 aliphatic heterocycles. The first-order valence-corrected chi connectivity index (χ1v) is 21.5. The molecular weight excluding hydrogens is 1580 g/mol. The minimum Gasteiger partial charge on any atom is -0.461 e. The fourth-order valence-electron chi connectivity index (χ4n) is 3.66. The van der Waals surface area contributed by atoms with Crippen molar-refractivity contribution in [3.63, 3.8) is 0 Å². The second-order valence-corrected chi connectivity index (χ2v) is 19.5. The van der Waals surface area contributed by atoms with Gasteiger partial charge in [-0.3, -0.25) is 0 Å². The van der Waals surface area contributed by atoms with Gasteiger partial charge in [0.25, 0.3) is 0 Å². The third kappa shape index (κ3) is 11.3. The highest BCUT2D eigenvalue weighted by Crippen LogP contribution is 2.29. The van der Waals surface area contributed by atoms with E-state index in [4.69, 9.17) is 14.2 Å². The Hall–Kier alpha value is 2.60. The van der Waals surface area contributed by atoms with E-state index < -0.39 is 23.3 Å². The summed E-state index contributed by atoms with van der Waals surface area (Å²) in [5, 5.41) is 3.10. The molecule has 3 rings (SSSR count). The maximum absolute atomic E-state index is 13.3. The smallest absolute Gasteiger partial charge is 0.339 e. The van der Waals surface area contributed by atoms with E-state index in [0.29, 0.717) is 16.7 Å². The number of halogens is 9. The summed E-state index contributed by atoms with van der Waals surface area (Å²) in [5.41, 5.74) is 0.248. The third-order valence-electron chi connectivity index (χ3n) is 5.72. The lowest BCUT2D eigenvalue weighted by molar-refractivity contribution is -0.0353. The molecule has 0 saturated carbocycles. The van der Waals surface area contributed by atoms with Crippen LogP contribution in [-0.2, 0) is 14.2 Å². The average molecular weight is 1590 g/mol. The van der Waals surface area contributed by atoms with E-state index >= 15 is 0 Å². The molecule has 16 heteroatoms. The average Bonchev–Trinajstić information content (AvgIpc) is 2.94. The van der Waals surface area contributed by atoms with Crippen LogP contribution >= 0.6 is 203 Å². The second-order valence-electron chi connectivity index (χ2n) is 9.01. The Balaban J connectivity index is 1.92. The van der Waals surface area contributed by atoms with Gasteiger partial charge in [-0.25, -0.2) is 14.4 Å². The third-order valence-corrected chi connectivity index (χ3v) is 16.7. The second kappa shape index (κ2) is 18.6. The van der Waals surface area contributed by atoms with Gasteiger partial charge >= 0.3 is 17.9 Å². The van der Waals surface area contributed by atoms with E-state index in [9.17, 15) is 14.4 Å². The van der Waals surface area contributed by atoms with Crippen molar-refractivity contribution in [3.05, 3.63) is 85.2 Å². The highest BCUT2D eigenvalue weighted by atomic mass is 127. The van der Waals surface area contributed by atoms with Gasteiger partial charge in [0.05, 0.1) is 22.1 Å². The normalized spacial score (nSPS) is 11.3. The fraction of sp³-hybridized carbons (Fsp3) is 0.222. The van der Waals surface area contributed by atoms with E-state index in [1.165, 1.54) is 0 Å². The van der Waals surface area contributed by atoms with Gasteiger partial charge in [-0.2, -0.15) is 0 Å². The molecule has 0 amide bonds. The molecule has 3 aromatic carbocycles. The number of carbonyl (C=O) groups excluding carboxylic acids is 3. The van der Waals surface area contributed by atoms with E-state index in [0.717, 1.165) is 32.1 Å². The van der Waals surface area contributed by atoms with Crippen LogP contribution in [0.25, 0.3) is 0 Å². The van der Waals surface area contributed by atoms with Crippen LogP contribution in [0.1, 0.15) is 31.1 Å². The fourth-order valence-corrected chi connectivity index (χ4v) is 10.8. The SMILES string of the molecule is CNCC(COC(=O)c1cc(I)cc(I)c1I)(COC(=O)c1cc(I)cc(I)c1I)COC(=O)c1cc(I)cc(I)c1I. The first-order chi connectivity index (χ1) is 20.2. The zero-order valence-electron chi connectivity index (χ0n) is 21.6. The number of hydrogen-bond acceptors (Lipinski definition) is 7. The zero-order valence-corrected chi connectivity index (χ0v) is 41.1. The molecule has 230 valence electrons. The molecule has 0 aromatic heterocycles. The minimum atomic E-state index is -1.07. The number of benzene rings is 3. The van der Waals surface area contributed by atoms with Crippen LogP contribution in [0.15, 0.2) is 36.4 Å². The van der Waals surface area contributed by atoms with Crippen molar-refractivity contribution in [1.82, 2.24) is 5.32 Å². The molecular formula is C27H18I9NO6. The van der Waals surface area contributed by atoms with Crippen molar-refractivity contribution >= 4 is 221 Å². The standard InChI is InChI=1S/C27H18I9NO6/c1-37-8-27(9-41-24(38)15-2-12(28)5-18(31)21(15)34,10-42-25(39)16-3-13(29)6-19(32)22(16)35)11-43-26(40)17-4-14(30)7-20(33)23(17)36/h2-7,37H,8-11H2,1H3. The summed E-state index contributed by atoms with van der Waals surface area (Å²) in [6, 6.07) is 11.2. The molecule has 0 aliphatic rings. The monoisotopic (exact) mass is 1590 g/mol. The van der Waals surface area contributed by atoms with Gasteiger partial charge in [0.2, 0.25) is 0 Å². The molecule has 3 aromatic rings. The van der Waals surface area contributed by atoms with Crippen LogP contribution in [-0.4, -0.2) is 51.3 Å². The molecule has 0 saturated heterocycles. The zero-order chi connectivity index (χ0) is 32.1. The predicted octanol–water partition coefficient (Wildman–Crippen LogP) is 9.20. The van der Waals surface area contributed by atoms with Crippen LogP contribution in [0.4, 0.5) is 0 Å². The number of hydrogen-bond donors (Lipinski definition) is 1. The number of carbonyl (C=O) groups is 3. The van der Waals surface area contributed by atoms with Crippen LogP contribution in [0.5, 0.6) is 0 Å². The van der Waals surface area contributed by atoms with E-state index in [-0.39, 0.29) is 26.4 Å². The molecule has 0 spiro atoms. The highest BCUT2D eigenvalue weighted by Gasteiger charge is 2.37. The van der Waals surface area contributed by atoms with Gasteiger partial charge in [0.1, 0.15) is 19.8 Å². The van der Waals surface area contributed by atoms with Crippen LogP contribution in [0, 0.1) is 37.5 Å². The van der Waals surface area contributed by atoms with Crippen molar-refractivity contribution in [2.45, 2.75) is 0 Å². The van der Waals surface area contributed by atoms with Crippen molar-refractivity contribution in [2.24, 2.45) is 5.41 Å².